The second kappa shape index (κ2) is 11.8. The van der Waals surface area contributed by atoms with Gasteiger partial charge in [0.15, 0.2) is 0 Å². The minimum atomic E-state index is -0.348. The van der Waals surface area contributed by atoms with Crippen LogP contribution in [-0.2, 0) is 18.9 Å². The summed E-state index contributed by atoms with van der Waals surface area (Å²) in [6.07, 6.45) is 8.21. The van der Waals surface area contributed by atoms with Crippen molar-refractivity contribution in [3.05, 3.63) is 11.6 Å². The maximum Gasteiger partial charge on any atom is 0.407 e. The van der Waals surface area contributed by atoms with Gasteiger partial charge in [0.1, 0.15) is 6.10 Å². The standard InChI is InChI=1S/C25H44N2O5/c1-18(2)10-11-22-25(3,32-22)20-13-17-30-16-7-9-21(23(20)29-5)31-24(28)26-14-12-19-8-6-15-27(19)4/h10,19-23H,6-9,11-17H2,1-5H3,(H,26,28)/t19?,20-,21-,22-,23+,25-/m1/s1. The van der Waals surface area contributed by atoms with Crippen LogP contribution in [0.1, 0.15) is 65.7 Å². The first-order valence-electron chi connectivity index (χ1n) is 12.4. The van der Waals surface area contributed by atoms with Crippen LogP contribution in [0.25, 0.3) is 0 Å². The van der Waals surface area contributed by atoms with Crippen molar-refractivity contribution in [2.45, 2.75) is 95.7 Å². The summed E-state index contributed by atoms with van der Waals surface area (Å²) in [5.41, 5.74) is 1.01. The molecule has 0 aromatic carbocycles. The second-order valence-corrected chi connectivity index (χ2v) is 10.1. The monoisotopic (exact) mass is 452 g/mol. The third-order valence-corrected chi connectivity index (χ3v) is 7.52. The van der Waals surface area contributed by atoms with E-state index >= 15 is 0 Å². The number of alkyl carbamates (subject to hydrolysis) is 1. The highest BCUT2D eigenvalue weighted by atomic mass is 16.6. The number of nitrogens with zero attached hydrogens (tertiary/aromatic N) is 1. The average Bonchev–Trinajstić information content (AvgIpc) is 3.20. The van der Waals surface area contributed by atoms with Gasteiger partial charge in [0, 0.05) is 38.8 Å². The number of hydrogen-bond donors (Lipinski definition) is 1. The molecule has 0 radical (unpaired) electrons. The summed E-state index contributed by atoms with van der Waals surface area (Å²) in [6, 6.07) is 0.554. The maximum atomic E-state index is 12.7. The molecular formula is C25H44N2O5. The van der Waals surface area contributed by atoms with E-state index in [4.69, 9.17) is 18.9 Å². The Hall–Kier alpha value is -1.15. The molecule has 3 fully saturated rings. The van der Waals surface area contributed by atoms with Crippen molar-refractivity contribution in [1.29, 1.82) is 0 Å². The molecule has 7 heteroatoms. The number of allylic oxidation sites excluding steroid dienone is 1. The van der Waals surface area contributed by atoms with Crippen LogP contribution in [0.3, 0.4) is 0 Å². The summed E-state index contributed by atoms with van der Waals surface area (Å²) >= 11 is 0. The van der Waals surface area contributed by atoms with Crippen molar-refractivity contribution < 1.29 is 23.7 Å². The first-order chi connectivity index (χ1) is 15.3. The van der Waals surface area contributed by atoms with Gasteiger partial charge in [0.05, 0.1) is 17.8 Å². The Kier molecular flexibility index (Phi) is 9.41. The van der Waals surface area contributed by atoms with Crippen LogP contribution in [-0.4, -0.2) is 81.4 Å². The van der Waals surface area contributed by atoms with Crippen LogP contribution in [0.2, 0.25) is 0 Å². The van der Waals surface area contributed by atoms with E-state index in [0.29, 0.717) is 25.8 Å². The third kappa shape index (κ3) is 6.69. The molecule has 32 heavy (non-hydrogen) atoms. The van der Waals surface area contributed by atoms with E-state index < -0.39 is 0 Å². The topological polar surface area (TPSA) is 72.6 Å². The molecule has 3 aliphatic heterocycles. The molecule has 0 saturated carbocycles. The molecular weight excluding hydrogens is 408 g/mol. The molecule has 0 aliphatic carbocycles. The molecule has 184 valence electrons. The normalized spacial score (nSPS) is 36.0. The lowest BCUT2D eigenvalue weighted by Gasteiger charge is -2.34. The fraction of sp³-hybridized carbons (Fsp3) is 0.880. The molecule has 1 unspecified atom stereocenters. The lowest BCUT2D eigenvalue weighted by atomic mass is 9.80. The number of ether oxygens (including phenoxy) is 4. The van der Waals surface area contributed by atoms with Gasteiger partial charge in [0.2, 0.25) is 0 Å². The highest BCUT2D eigenvalue weighted by Gasteiger charge is 2.59. The van der Waals surface area contributed by atoms with E-state index in [1.54, 1.807) is 7.11 Å². The molecule has 0 aromatic heterocycles. The summed E-state index contributed by atoms with van der Waals surface area (Å²) in [6.45, 7) is 9.52. The van der Waals surface area contributed by atoms with Gasteiger partial charge in [-0.15, -0.1) is 0 Å². The third-order valence-electron chi connectivity index (χ3n) is 7.52. The van der Waals surface area contributed by atoms with Gasteiger partial charge in [-0.1, -0.05) is 11.6 Å². The van der Waals surface area contributed by atoms with Crippen molar-refractivity contribution in [2.24, 2.45) is 5.92 Å². The Bertz CT molecular complexity index is 638. The quantitative estimate of drug-likeness (QED) is 0.445. The number of likely N-dealkylation sites (tertiary alicyclic amines) is 1. The smallest absolute Gasteiger partial charge is 0.407 e. The van der Waals surface area contributed by atoms with Crippen LogP contribution in [0, 0.1) is 5.92 Å². The average molecular weight is 453 g/mol. The first-order valence-corrected chi connectivity index (χ1v) is 12.4. The first kappa shape index (κ1) is 25.5. The SMILES string of the molecule is CO[C@H]1[C@H]([C@@]2(C)O[C@@H]2CC=C(C)C)CCOCCC[C@H]1OC(=O)NCCC1CCCN1C. The van der Waals surface area contributed by atoms with Gasteiger partial charge in [-0.05, 0) is 79.3 Å². The van der Waals surface area contributed by atoms with Crippen molar-refractivity contribution in [3.63, 3.8) is 0 Å². The second-order valence-electron chi connectivity index (χ2n) is 10.1. The molecule has 0 spiro atoms. The van der Waals surface area contributed by atoms with E-state index in [2.05, 4.69) is 44.1 Å². The van der Waals surface area contributed by atoms with Gasteiger partial charge in [-0.25, -0.2) is 4.79 Å². The number of nitrogens with one attached hydrogen (secondary N) is 1. The van der Waals surface area contributed by atoms with Gasteiger partial charge in [-0.3, -0.25) is 0 Å². The van der Waals surface area contributed by atoms with Crippen molar-refractivity contribution in [3.8, 4) is 0 Å². The van der Waals surface area contributed by atoms with Gasteiger partial charge >= 0.3 is 6.09 Å². The van der Waals surface area contributed by atoms with Gasteiger partial charge in [0.25, 0.3) is 0 Å². The number of rotatable bonds is 8. The van der Waals surface area contributed by atoms with Crippen molar-refractivity contribution >= 4 is 6.09 Å². The Labute approximate surface area is 194 Å². The van der Waals surface area contributed by atoms with E-state index in [1.165, 1.54) is 18.4 Å². The zero-order valence-electron chi connectivity index (χ0n) is 20.7. The predicted octanol–water partition coefficient (Wildman–Crippen LogP) is 3.91. The van der Waals surface area contributed by atoms with Crippen LogP contribution < -0.4 is 5.32 Å². The van der Waals surface area contributed by atoms with Crippen LogP contribution in [0.4, 0.5) is 4.79 Å². The lowest BCUT2D eigenvalue weighted by Crippen LogP contribution is -2.46. The highest BCUT2D eigenvalue weighted by Crippen LogP contribution is 2.49. The Morgan fingerprint density at radius 3 is 2.72 bits per heavy atom. The fourth-order valence-corrected chi connectivity index (χ4v) is 5.43. The van der Waals surface area contributed by atoms with E-state index in [0.717, 1.165) is 38.6 Å². The van der Waals surface area contributed by atoms with Crippen molar-refractivity contribution in [2.75, 3.05) is 40.5 Å². The molecule has 0 bridgehead atoms. The van der Waals surface area contributed by atoms with E-state index in [9.17, 15) is 4.79 Å². The molecule has 0 aromatic rings. The Morgan fingerprint density at radius 1 is 1.22 bits per heavy atom. The number of epoxide rings is 1. The molecule has 1 amide bonds. The molecule has 3 saturated heterocycles. The summed E-state index contributed by atoms with van der Waals surface area (Å²) in [5, 5.41) is 2.97. The zero-order valence-corrected chi connectivity index (χ0v) is 20.7. The van der Waals surface area contributed by atoms with Crippen LogP contribution >= 0.6 is 0 Å². The largest absolute Gasteiger partial charge is 0.443 e. The number of amides is 1. The molecule has 3 rings (SSSR count). The minimum absolute atomic E-state index is 0.103. The summed E-state index contributed by atoms with van der Waals surface area (Å²) < 4.78 is 24.0. The van der Waals surface area contributed by atoms with Gasteiger partial charge in [-0.2, -0.15) is 0 Å². The van der Waals surface area contributed by atoms with Crippen LogP contribution in [0.15, 0.2) is 11.6 Å². The number of carbonyl (C=O) groups is 1. The minimum Gasteiger partial charge on any atom is -0.443 e. The maximum absolute atomic E-state index is 12.7. The number of carbonyl (C=O) groups excluding carboxylic acids is 1. The summed E-state index contributed by atoms with van der Waals surface area (Å²) in [4.78, 5) is 15.0. The summed E-state index contributed by atoms with van der Waals surface area (Å²) in [5.74, 6) is 0.103. The molecule has 1 N–H and O–H groups in total. The van der Waals surface area contributed by atoms with E-state index in [-0.39, 0.29) is 35.9 Å². The van der Waals surface area contributed by atoms with E-state index in [1.807, 2.05) is 0 Å². The number of hydrogen-bond acceptors (Lipinski definition) is 6. The highest BCUT2D eigenvalue weighted by molar-refractivity contribution is 5.67. The Balaban J connectivity index is 1.60. The lowest BCUT2D eigenvalue weighted by molar-refractivity contribution is -0.0729. The number of methoxy groups -OCH3 is 1. The predicted molar refractivity (Wildman–Crippen MR) is 125 cm³/mol. The zero-order chi connectivity index (χ0) is 23.1. The van der Waals surface area contributed by atoms with Crippen LogP contribution in [0.5, 0.6) is 0 Å². The summed E-state index contributed by atoms with van der Waals surface area (Å²) in [7, 11) is 3.88. The Morgan fingerprint density at radius 2 is 2.03 bits per heavy atom. The molecule has 7 nitrogen and oxygen atoms in total. The van der Waals surface area contributed by atoms with Gasteiger partial charge < -0.3 is 29.2 Å². The molecule has 6 atom stereocenters. The fourth-order valence-electron chi connectivity index (χ4n) is 5.43. The van der Waals surface area contributed by atoms with Crippen molar-refractivity contribution in [1.82, 2.24) is 10.2 Å². The molecule has 3 heterocycles. The molecule has 3 aliphatic rings.